The van der Waals surface area contributed by atoms with Gasteiger partial charge in [0.05, 0.1) is 0 Å². The van der Waals surface area contributed by atoms with Gasteiger partial charge in [0.25, 0.3) is 0 Å². The predicted octanol–water partition coefficient (Wildman–Crippen LogP) is 3.09. The van der Waals surface area contributed by atoms with Crippen LogP contribution in [-0.4, -0.2) is 23.1 Å². The van der Waals surface area contributed by atoms with Gasteiger partial charge >= 0.3 is 0 Å². The van der Waals surface area contributed by atoms with Crippen LogP contribution in [0.15, 0.2) is 6.07 Å². The summed E-state index contributed by atoms with van der Waals surface area (Å²) in [7, 11) is 2.02. The molecule has 1 aromatic heterocycles. The van der Waals surface area contributed by atoms with Crippen molar-refractivity contribution in [3.63, 3.8) is 0 Å². The Morgan fingerprint density at radius 1 is 1.22 bits per heavy atom. The van der Waals surface area contributed by atoms with E-state index in [0.717, 1.165) is 23.6 Å². The van der Waals surface area contributed by atoms with E-state index in [1.165, 1.54) is 0 Å². The van der Waals surface area contributed by atoms with Crippen LogP contribution in [0, 0.1) is 12.3 Å². The van der Waals surface area contributed by atoms with E-state index in [1.807, 2.05) is 14.0 Å². The number of nitrogens with one attached hydrogen (secondary N) is 1. The van der Waals surface area contributed by atoms with Crippen LogP contribution in [0.3, 0.4) is 0 Å². The van der Waals surface area contributed by atoms with Crippen molar-refractivity contribution in [2.45, 2.75) is 59.9 Å². The first-order valence-electron chi connectivity index (χ1n) is 6.75. The lowest BCUT2D eigenvalue weighted by molar-refractivity contribution is 0.278. The molecule has 0 spiro atoms. The zero-order chi connectivity index (χ0) is 13.9. The number of nitrogens with zero attached hydrogens (tertiary/aromatic N) is 2. The van der Waals surface area contributed by atoms with Crippen LogP contribution in [0.5, 0.6) is 0 Å². The summed E-state index contributed by atoms with van der Waals surface area (Å²) in [5, 5.41) is 3.40. The highest BCUT2D eigenvalue weighted by atomic mass is 14.9. The highest BCUT2D eigenvalue weighted by molar-refractivity contribution is 5.13. The van der Waals surface area contributed by atoms with Crippen LogP contribution in [0.1, 0.15) is 57.7 Å². The van der Waals surface area contributed by atoms with E-state index in [2.05, 4.69) is 56.0 Å². The molecule has 1 atom stereocenters. The van der Waals surface area contributed by atoms with Crippen molar-refractivity contribution < 1.29 is 0 Å². The van der Waals surface area contributed by atoms with E-state index < -0.39 is 0 Å². The van der Waals surface area contributed by atoms with Gasteiger partial charge in [-0.1, -0.05) is 34.6 Å². The van der Waals surface area contributed by atoms with Gasteiger partial charge in [0.15, 0.2) is 0 Å². The molecular formula is C15H27N3. The van der Waals surface area contributed by atoms with Crippen LogP contribution in [-0.2, 0) is 6.42 Å². The minimum atomic E-state index is 0.228. The molecule has 0 bridgehead atoms. The zero-order valence-electron chi connectivity index (χ0n) is 12.8. The minimum absolute atomic E-state index is 0.228. The Bertz CT molecular complexity index is 391. The molecule has 0 aromatic carbocycles. The Kier molecular flexibility index (Phi) is 4.85. The van der Waals surface area contributed by atoms with Gasteiger partial charge in [-0.2, -0.15) is 0 Å². The molecule has 1 rings (SSSR count). The van der Waals surface area contributed by atoms with Crippen molar-refractivity contribution >= 4 is 0 Å². The molecule has 0 fully saturated rings. The van der Waals surface area contributed by atoms with Crippen molar-refractivity contribution in [1.29, 1.82) is 0 Å². The van der Waals surface area contributed by atoms with Crippen LogP contribution < -0.4 is 5.32 Å². The van der Waals surface area contributed by atoms with Crippen LogP contribution >= 0.6 is 0 Å². The molecule has 0 aliphatic carbocycles. The van der Waals surface area contributed by atoms with E-state index in [1.54, 1.807) is 0 Å². The van der Waals surface area contributed by atoms with Crippen molar-refractivity contribution in [1.82, 2.24) is 15.3 Å². The number of hydrogen-bond acceptors (Lipinski definition) is 3. The fourth-order valence-electron chi connectivity index (χ4n) is 2.07. The smallest absolute Gasteiger partial charge is 0.131 e. The maximum Gasteiger partial charge on any atom is 0.131 e. The predicted molar refractivity (Wildman–Crippen MR) is 76.9 cm³/mol. The molecular weight excluding hydrogens is 222 g/mol. The van der Waals surface area contributed by atoms with Gasteiger partial charge in [-0.3, -0.25) is 0 Å². The summed E-state index contributed by atoms with van der Waals surface area (Å²) >= 11 is 0. The van der Waals surface area contributed by atoms with Crippen molar-refractivity contribution in [2.24, 2.45) is 5.41 Å². The molecule has 1 heterocycles. The number of aromatic nitrogens is 2. The molecule has 0 saturated heterocycles. The fraction of sp³-hybridized carbons (Fsp3) is 0.733. The molecule has 1 unspecified atom stereocenters. The first kappa shape index (κ1) is 15.1. The maximum absolute atomic E-state index is 4.68. The Morgan fingerprint density at radius 2 is 1.83 bits per heavy atom. The number of likely N-dealkylation sites (N-methyl/N-ethyl adjacent to an activating group) is 1. The summed E-state index contributed by atoms with van der Waals surface area (Å²) < 4.78 is 0. The summed E-state index contributed by atoms with van der Waals surface area (Å²) in [5.74, 6) is 1.33. The normalized spacial score (nSPS) is 14.0. The average Bonchev–Trinajstić information content (AvgIpc) is 2.23. The number of hydrogen-bond donors (Lipinski definition) is 1. The zero-order valence-corrected chi connectivity index (χ0v) is 12.8. The van der Waals surface area contributed by atoms with Gasteiger partial charge in [-0.25, -0.2) is 9.97 Å². The second-order valence-electron chi connectivity index (χ2n) is 6.42. The van der Waals surface area contributed by atoms with Gasteiger partial charge in [0.1, 0.15) is 5.82 Å². The molecule has 0 amide bonds. The molecule has 0 saturated carbocycles. The molecule has 0 radical (unpaired) electrons. The largest absolute Gasteiger partial charge is 0.316 e. The first-order valence-corrected chi connectivity index (χ1v) is 6.75. The highest BCUT2D eigenvalue weighted by Gasteiger charge is 2.24. The topological polar surface area (TPSA) is 37.8 Å². The van der Waals surface area contributed by atoms with Gasteiger partial charge in [0, 0.05) is 29.8 Å². The van der Waals surface area contributed by atoms with E-state index in [-0.39, 0.29) is 5.41 Å². The fourth-order valence-corrected chi connectivity index (χ4v) is 2.07. The third-order valence-electron chi connectivity index (χ3n) is 3.25. The van der Waals surface area contributed by atoms with Crippen LogP contribution in [0.25, 0.3) is 0 Å². The molecule has 0 aliphatic rings. The van der Waals surface area contributed by atoms with Crippen molar-refractivity contribution in [3.8, 4) is 0 Å². The molecule has 18 heavy (non-hydrogen) atoms. The Hall–Kier alpha value is -0.960. The lowest BCUT2D eigenvalue weighted by atomic mass is 9.84. The number of rotatable bonds is 4. The Morgan fingerprint density at radius 3 is 2.28 bits per heavy atom. The molecule has 1 aromatic rings. The molecule has 3 heteroatoms. The Balaban J connectivity index is 2.96. The SMILES string of the molecule is CNC(Cc1cc(C)nc(C(C)C)n1)C(C)(C)C. The average molecular weight is 249 g/mol. The summed E-state index contributed by atoms with van der Waals surface area (Å²) in [6, 6.07) is 2.52. The molecule has 0 aliphatic heterocycles. The first-order chi connectivity index (χ1) is 8.24. The minimum Gasteiger partial charge on any atom is -0.316 e. The highest BCUT2D eigenvalue weighted by Crippen LogP contribution is 2.22. The van der Waals surface area contributed by atoms with Gasteiger partial charge in [-0.15, -0.1) is 0 Å². The molecule has 102 valence electrons. The second-order valence-corrected chi connectivity index (χ2v) is 6.42. The number of aryl methyl sites for hydroxylation is 1. The summed E-state index contributed by atoms with van der Waals surface area (Å²) in [5.41, 5.74) is 2.43. The summed E-state index contributed by atoms with van der Waals surface area (Å²) in [6.45, 7) is 13.1. The third kappa shape index (κ3) is 4.05. The quantitative estimate of drug-likeness (QED) is 0.891. The second kappa shape index (κ2) is 5.79. The van der Waals surface area contributed by atoms with Crippen molar-refractivity contribution in [2.75, 3.05) is 7.05 Å². The van der Waals surface area contributed by atoms with E-state index in [0.29, 0.717) is 12.0 Å². The van der Waals surface area contributed by atoms with E-state index in [4.69, 9.17) is 0 Å². The lowest BCUT2D eigenvalue weighted by Gasteiger charge is -2.30. The van der Waals surface area contributed by atoms with Gasteiger partial charge < -0.3 is 5.32 Å². The van der Waals surface area contributed by atoms with Crippen molar-refractivity contribution in [3.05, 3.63) is 23.3 Å². The van der Waals surface area contributed by atoms with E-state index in [9.17, 15) is 0 Å². The Labute approximate surface area is 111 Å². The van der Waals surface area contributed by atoms with Gasteiger partial charge in [0.2, 0.25) is 0 Å². The van der Waals surface area contributed by atoms with E-state index >= 15 is 0 Å². The third-order valence-corrected chi connectivity index (χ3v) is 3.25. The maximum atomic E-state index is 4.68. The lowest BCUT2D eigenvalue weighted by Crippen LogP contribution is -2.40. The van der Waals surface area contributed by atoms with Gasteiger partial charge in [-0.05, 0) is 25.5 Å². The summed E-state index contributed by atoms with van der Waals surface area (Å²) in [4.78, 5) is 9.18. The van der Waals surface area contributed by atoms with Crippen LogP contribution in [0.2, 0.25) is 0 Å². The monoisotopic (exact) mass is 249 g/mol. The molecule has 3 nitrogen and oxygen atoms in total. The van der Waals surface area contributed by atoms with Crippen LogP contribution in [0.4, 0.5) is 0 Å². The standard InChI is InChI=1S/C15H27N3/c1-10(2)14-17-11(3)8-12(18-14)9-13(16-7)15(4,5)6/h8,10,13,16H,9H2,1-7H3. The summed E-state index contributed by atoms with van der Waals surface area (Å²) in [6.07, 6.45) is 0.948. The molecule has 1 N–H and O–H groups in total.